The molecular formula is C17H22F2N2. The molecule has 4 heteroatoms. The van der Waals surface area contributed by atoms with E-state index in [-0.39, 0.29) is 11.6 Å². The van der Waals surface area contributed by atoms with Gasteiger partial charge in [0.15, 0.2) is 0 Å². The second-order valence-corrected chi connectivity index (χ2v) is 5.73. The number of rotatable bonds is 5. The third kappa shape index (κ3) is 4.52. The first-order valence-corrected chi connectivity index (χ1v) is 7.45. The summed E-state index contributed by atoms with van der Waals surface area (Å²) in [5.41, 5.74) is 0.169. The highest BCUT2D eigenvalue weighted by Gasteiger charge is 2.21. The fourth-order valence-electron chi connectivity index (χ4n) is 2.88. The lowest BCUT2D eigenvalue weighted by Crippen LogP contribution is -2.46. The Bertz CT molecular complexity index is 482. The lowest BCUT2D eigenvalue weighted by molar-refractivity contribution is 0.210. The van der Waals surface area contributed by atoms with E-state index in [0.717, 1.165) is 25.9 Å². The average molecular weight is 292 g/mol. The van der Waals surface area contributed by atoms with Crippen LogP contribution in [0.3, 0.4) is 0 Å². The number of hydrogen-bond donors (Lipinski definition) is 1. The maximum absolute atomic E-state index is 13.6. The Balaban J connectivity index is 1.83. The quantitative estimate of drug-likeness (QED) is 0.839. The summed E-state index contributed by atoms with van der Waals surface area (Å²) in [6, 6.07) is 4.45. The predicted octanol–water partition coefficient (Wildman–Crippen LogP) is 2.58. The summed E-state index contributed by atoms with van der Waals surface area (Å²) < 4.78 is 27.3. The zero-order valence-corrected chi connectivity index (χ0v) is 12.4. The molecular weight excluding hydrogens is 270 g/mol. The Morgan fingerprint density at radius 3 is 2.52 bits per heavy atom. The summed E-state index contributed by atoms with van der Waals surface area (Å²) in [5, 5.41) is 3.47. The number of terminal acetylenes is 1. The van der Waals surface area contributed by atoms with Crippen LogP contribution in [0.4, 0.5) is 8.78 Å². The molecule has 2 rings (SSSR count). The number of hydrogen-bond acceptors (Lipinski definition) is 2. The molecule has 1 heterocycles. The van der Waals surface area contributed by atoms with E-state index in [2.05, 4.69) is 16.1 Å². The summed E-state index contributed by atoms with van der Waals surface area (Å²) in [6.45, 7) is 4.62. The standard InChI is InChI=1S/C17H22F2N2/c1-3-9-21-10-7-14(8-11-21)20-13(2)12-15-16(18)5-4-6-17(15)19/h1,4-6,13-14,20H,7-12H2,2H3. The highest BCUT2D eigenvalue weighted by Crippen LogP contribution is 2.16. The van der Waals surface area contributed by atoms with Crippen molar-refractivity contribution in [2.75, 3.05) is 19.6 Å². The SMILES string of the molecule is C#CCN1CCC(NC(C)Cc2c(F)cccc2F)CC1. The minimum Gasteiger partial charge on any atom is -0.311 e. The van der Waals surface area contributed by atoms with Gasteiger partial charge < -0.3 is 5.32 Å². The van der Waals surface area contributed by atoms with E-state index in [1.165, 1.54) is 18.2 Å². The van der Waals surface area contributed by atoms with Crippen molar-refractivity contribution < 1.29 is 8.78 Å². The van der Waals surface area contributed by atoms with Crippen LogP contribution in [0.5, 0.6) is 0 Å². The Kier molecular flexibility index (Phi) is 5.72. The second kappa shape index (κ2) is 7.53. The summed E-state index contributed by atoms with van der Waals surface area (Å²) >= 11 is 0. The Hall–Kier alpha value is -1.44. The molecule has 1 aliphatic rings. The van der Waals surface area contributed by atoms with Gasteiger partial charge >= 0.3 is 0 Å². The summed E-state index contributed by atoms with van der Waals surface area (Å²) in [6.07, 6.45) is 7.71. The van der Waals surface area contributed by atoms with Gasteiger partial charge in [0, 0.05) is 30.7 Å². The van der Waals surface area contributed by atoms with Gasteiger partial charge in [-0.05, 0) is 38.3 Å². The van der Waals surface area contributed by atoms with Crippen molar-refractivity contribution in [3.63, 3.8) is 0 Å². The van der Waals surface area contributed by atoms with Gasteiger partial charge in [0.1, 0.15) is 11.6 Å². The number of benzene rings is 1. The van der Waals surface area contributed by atoms with E-state index in [9.17, 15) is 8.78 Å². The molecule has 2 nitrogen and oxygen atoms in total. The molecule has 1 saturated heterocycles. The summed E-state index contributed by atoms with van der Waals surface area (Å²) in [5.74, 6) is 1.73. The lowest BCUT2D eigenvalue weighted by atomic mass is 10.0. The zero-order chi connectivity index (χ0) is 15.2. The summed E-state index contributed by atoms with van der Waals surface area (Å²) in [7, 11) is 0. The van der Waals surface area contributed by atoms with Gasteiger partial charge in [0.2, 0.25) is 0 Å². The monoisotopic (exact) mass is 292 g/mol. The average Bonchev–Trinajstić information content (AvgIpc) is 2.45. The number of likely N-dealkylation sites (tertiary alicyclic amines) is 1. The molecule has 0 bridgehead atoms. The van der Waals surface area contributed by atoms with Gasteiger partial charge in [-0.2, -0.15) is 0 Å². The fraction of sp³-hybridized carbons (Fsp3) is 0.529. The molecule has 21 heavy (non-hydrogen) atoms. The molecule has 0 aromatic heterocycles. The summed E-state index contributed by atoms with van der Waals surface area (Å²) in [4.78, 5) is 2.25. The van der Waals surface area contributed by atoms with Crippen molar-refractivity contribution in [3.05, 3.63) is 35.4 Å². The molecule has 1 N–H and O–H groups in total. The molecule has 0 aliphatic carbocycles. The third-order valence-electron chi connectivity index (χ3n) is 3.99. The largest absolute Gasteiger partial charge is 0.311 e. The van der Waals surface area contributed by atoms with Crippen LogP contribution in [0, 0.1) is 24.0 Å². The van der Waals surface area contributed by atoms with Gasteiger partial charge in [-0.15, -0.1) is 6.42 Å². The van der Waals surface area contributed by atoms with E-state index >= 15 is 0 Å². The molecule has 1 atom stereocenters. The van der Waals surface area contributed by atoms with E-state index in [4.69, 9.17) is 6.42 Å². The molecule has 1 unspecified atom stereocenters. The van der Waals surface area contributed by atoms with E-state index in [1.54, 1.807) is 0 Å². The molecule has 1 aliphatic heterocycles. The van der Waals surface area contributed by atoms with Crippen LogP contribution in [-0.4, -0.2) is 36.6 Å². The van der Waals surface area contributed by atoms with Crippen molar-refractivity contribution in [1.82, 2.24) is 10.2 Å². The van der Waals surface area contributed by atoms with Gasteiger partial charge in [0.05, 0.1) is 6.54 Å². The van der Waals surface area contributed by atoms with Crippen LogP contribution in [0.15, 0.2) is 18.2 Å². The molecule has 0 radical (unpaired) electrons. The minimum atomic E-state index is -0.465. The van der Waals surface area contributed by atoms with Gasteiger partial charge in [-0.25, -0.2) is 8.78 Å². The highest BCUT2D eigenvalue weighted by molar-refractivity contribution is 5.20. The highest BCUT2D eigenvalue weighted by atomic mass is 19.1. The number of piperidine rings is 1. The molecule has 0 amide bonds. The number of nitrogens with zero attached hydrogens (tertiary/aromatic N) is 1. The van der Waals surface area contributed by atoms with Crippen molar-refractivity contribution in [2.45, 2.75) is 38.3 Å². The predicted molar refractivity (Wildman–Crippen MR) is 81.0 cm³/mol. The normalized spacial score (nSPS) is 18.4. The number of nitrogens with one attached hydrogen (secondary N) is 1. The topological polar surface area (TPSA) is 15.3 Å². The van der Waals surface area contributed by atoms with Crippen LogP contribution < -0.4 is 5.32 Å². The number of halogens is 2. The van der Waals surface area contributed by atoms with E-state index < -0.39 is 11.6 Å². The van der Waals surface area contributed by atoms with Crippen LogP contribution in [0.2, 0.25) is 0 Å². The van der Waals surface area contributed by atoms with Crippen LogP contribution in [0.1, 0.15) is 25.3 Å². The Morgan fingerprint density at radius 2 is 1.95 bits per heavy atom. The first kappa shape index (κ1) is 15.9. The fourth-order valence-corrected chi connectivity index (χ4v) is 2.88. The Labute approximate surface area is 125 Å². The lowest BCUT2D eigenvalue weighted by Gasteiger charge is -2.33. The van der Waals surface area contributed by atoms with Gasteiger partial charge in [-0.3, -0.25) is 4.90 Å². The van der Waals surface area contributed by atoms with Gasteiger partial charge in [-0.1, -0.05) is 12.0 Å². The molecule has 1 fully saturated rings. The van der Waals surface area contributed by atoms with Crippen LogP contribution in [0.25, 0.3) is 0 Å². The maximum Gasteiger partial charge on any atom is 0.129 e. The molecule has 0 spiro atoms. The molecule has 114 valence electrons. The van der Waals surface area contributed by atoms with Crippen LogP contribution in [-0.2, 0) is 6.42 Å². The van der Waals surface area contributed by atoms with Crippen molar-refractivity contribution in [1.29, 1.82) is 0 Å². The van der Waals surface area contributed by atoms with E-state index in [0.29, 0.717) is 19.0 Å². The third-order valence-corrected chi connectivity index (χ3v) is 3.99. The molecule has 1 aromatic rings. The minimum absolute atomic E-state index is 0.0422. The molecule has 0 saturated carbocycles. The second-order valence-electron chi connectivity index (χ2n) is 5.73. The first-order valence-electron chi connectivity index (χ1n) is 7.45. The van der Waals surface area contributed by atoms with E-state index in [1.807, 2.05) is 6.92 Å². The molecule has 1 aromatic carbocycles. The first-order chi connectivity index (χ1) is 10.1. The smallest absolute Gasteiger partial charge is 0.129 e. The van der Waals surface area contributed by atoms with Crippen molar-refractivity contribution in [2.24, 2.45) is 0 Å². The van der Waals surface area contributed by atoms with Crippen molar-refractivity contribution >= 4 is 0 Å². The van der Waals surface area contributed by atoms with Gasteiger partial charge in [0.25, 0.3) is 0 Å². The maximum atomic E-state index is 13.6. The zero-order valence-electron chi connectivity index (χ0n) is 12.4. The Morgan fingerprint density at radius 1 is 1.33 bits per heavy atom. The van der Waals surface area contributed by atoms with Crippen molar-refractivity contribution in [3.8, 4) is 12.3 Å². The van der Waals surface area contributed by atoms with Crippen LogP contribution >= 0.6 is 0 Å².